The largest absolute Gasteiger partial charge is 0.484 e. The zero-order chi connectivity index (χ0) is 10.8. The van der Waals surface area contributed by atoms with Gasteiger partial charge in [-0.2, -0.15) is 0 Å². The van der Waals surface area contributed by atoms with Crippen molar-refractivity contribution in [1.29, 1.82) is 0 Å². The molecule has 0 spiro atoms. The van der Waals surface area contributed by atoms with Gasteiger partial charge in [0.15, 0.2) is 0 Å². The van der Waals surface area contributed by atoms with Crippen molar-refractivity contribution in [2.24, 2.45) is 5.92 Å². The lowest BCUT2D eigenvalue weighted by Gasteiger charge is -2.16. The topological polar surface area (TPSA) is 27.7 Å². The molecular formula is C10H20O3Si. The molecule has 0 atom stereocenters. The molecule has 0 saturated carbocycles. The van der Waals surface area contributed by atoms with E-state index in [1.54, 1.807) is 12.2 Å². The Balaban J connectivity index is 3.78. The molecule has 0 radical (unpaired) electrons. The fourth-order valence-corrected chi connectivity index (χ4v) is 2.05. The second-order valence-corrected chi connectivity index (χ2v) is 4.25. The van der Waals surface area contributed by atoms with Crippen LogP contribution >= 0.6 is 0 Å². The first kappa shape index (κ1) is 13.6. The standard InChI is InChI=1S/C10H20O3Si/c1-5-10(6-2)9-13-14(11-7-3)12-8-4/h5-6,10,14H,1-2,7-9H2,3-4H3. The summed E-state index contributed by atoms with van der Waals surface area (Å²) in [4.78, 5) is 0. The maximum Gasteiger partial charge on any atom is 0.484 e. The highest BCUT2D eigenvalue weighted by Crippen LogP contribution is 2.02. The molecule has 0 fully saturated rings. The molecule has 4 heteroatoms. The van der Waals surface area contributed by atoms with Gasteiger partial charge >= 0.3 is 9.53 Å². The molecule has 0 aliphatic rings. The molecule has 0 aromatic rings. The Bertz CT molecular complexity index is 147. The summed E-state index contributed by atoms with van der Waals surface area (Å²) in [5.74, 6) is 0.172. The van der Waals surface area contributed by atoms with Crippen molar-refractivity contribution >= 4 is 9.53 Å². The first-order valence-electron chi connectivity index (χ1n) is 4.88. The monoisotopic (exact) mass is 216 g/mol. The maximum absolute atomic E-state index is 5.52. The van der Waals surface area contributed by atoms with Crippen LogP contribution in [0.25, 0.3) is 0 Å². The summed E-state index contributed by atoms with van der Waals surface area (Å²) in [5, 5.41) is 0. The normalized spacial score (nSPS) is 10.9. The highest BCUT2D eigenvalue weighted by Gasteiger charge is 2.14. The summed E-state index contributed by atoms with van der Waals surface area (Å²) >= 11 is 0. The first-order valence-corrected chi connectivity index (χ1v) is 6.29. The Hall–Kier alpha value is -0.423. The van der Waals surface area contributed by atoms with Crippen LogP contribution in [0, 0.1) is 5.92 Å². The van der Waals surface area contributed by atoms with Crippen LogP contribution in [0.2, 0.25) is 0 Å². The van der Waals surface area contributed by atoms with Gasteiger partial charge in [0.05, 0.1) is 0 Å². The minimum atomic E-state index is -1.91. The van der Waals surface area contributed by atoms with E-state index in [4.69, 9.17) is 13.3 Å². The zero-order valence-electron chi connectivity index (χ0n) is 9.07. The molecule has 0 aliphatic heterocycles. The average molecular weight is 216 g/mol. The van der Waals surface area contributed by atoms with Gasteiger partial charge in [-0.15, -0.1) is 13.2 Å². The SMILES string of the molecule is C=CC(C=C)CO[SiH](OCC)OCC. The highest BCUT2D eigenvalue weighted by molar-refractivity contribution is 6.36. The second kappa shape index (κ2) is 9.14. The second-order valence-electron chi connectivity index (χ2n) is 2.67. The van der Waals surface area contributed by atoms with E-state index in [-0.39, 0.29) is 5.92 Å². The minimum absolute atomic E-state index is 0.172. The zero-order valence-corrected chi connectivity index (χ0v) is 10.2. The molecule has 0 aromatic heterocycles. The fourth-order valence-electron chi connectivity index (χ4n) is 0.838. The molecule has 3 nitrogen and oxygen atoms in total. The van der Waals surface area contributed by atoms with E-state index in [1.807, 2.05) is 13.8 Å². The third-order valence-corrected chi connectivity index (χ3v) is 3.31. The van der Waals surface area contributed by atoms with Crippen LogP contribution in [-0.2, 0) is 13.3 Å². The summed E-state index contributed by atoms with van der Waals surface area (Å²) in [7, 11) is -1.91. The quantitative estimate of drug-likeness (QED) is 0.434. The van der Waals surface area contributed by atoms with Crippen molar-refractivity contribution in [2.75, 3.05) is 19.8 Å². The summed E-state index contributed by atoms with van der Waals surface area (Å²) in [5.41, 5.74) is 0. The van der Waals surface area contributed by atoms with Gasteiger partial charge in [0.25, 0.3) is 0 Å². The third-order valence-electron chi connectivity index (χ3n) is 1.64. The molecule has 0 saturated heterocycles. The Morgan fingerprint density at radius 1 is 1.07 bits per heavy atom. The molecule has 0 heterocycles. The van der Waals surface area contributed by atoms with Gasteiger partial charge in [-0.1, -0.05) is 12.2 Å². The van der Waals surface area contributed by atoms with E-state index in [0.29, 0.717) is 19.8 Å². The number of hydrogen-bond acceptors (Lipinski definition) is 3. The smallest absolute Gasteiger partial charge is 0.376 e. The minimum Gasteiger partial charge on any atom is -0.376 e. The lowest BCUT2D eigenvalue weighted by molar-refractivity contribution is 0.0975. The molecule has 0 bridgehead atoms. The predicted octanol–water partition coefficient (Wildman–Crippen LogP) is 1.78. The average Bonchev–Trinajstić information content (AvgIpc) is 2.20. The molecular weight excluding hydrogens is 196 g/mol. The molecule has 0 aliphatic carbocycles. The number of rotatable bonds is 9. The van der Waals surface area contributed by atoms with Crippen molar-refractivity contribution in [3.8, 4) is 0 Å². The van der Waals surface area contributed by atoms with Crippen molar-refractivity contribution in [2.45, 2.75) is 13.8 Å². The van der Waals surface area contributed by atoms with E-state index in [1.165, 1.54) is 0 Å². The van der Waals surface area contributed by atoms with Crippen LogP contribution in [0.15, 0.2) is 25.3 Å². The van der Waals surface area contributed by atoms with Crippen LogP contribution in [0.5, 0.6) is 0 Å². The summed E-state index contributed by atoms with van der Waals surface area (Å²) in [6.07, 6.45) is 3.60. The van der Waals surface area contributed by atoms with E-state index in [2.05, 4.69) is 13.2 Å². The van der Waals surface area contributed by atoms with E-state index in [0.717, 1.165) is 0 Å². The molecule has 0 rings (SSSR count). The Labute approximate surface area is 88.3 Å². The Morgan fingerprint density at radius 3 is 1.93 bits per heavy atom. The van der Waals surface area contributed by atoms with Gasteiger partial charge in [-0.3, -0.25) is 0 Å². The molecule has 82 valence electrons. The van der Waals surface area contributed by atoms with Crippen molar-refractivity contribution in [1.82, 2.24) is 0 Å². The van der Waals surface area contributed by atoms with Crippen LogP contribution in [0.1, 0.15) is 13.8 Å². The van der Waals surface area contributed by atoms with E-state index in [9.17, 15) is 0 Å². The maximum atomic E-state index is 5.52. The van der Waals surface area contributed by atoms with Crippen molar-refractivity contribution in [3.63, 3.8) is 0 Å². The molecule has 14 heavy (non-hydrogen) atoms. The van der Waals surface area contributed by atoms with Gasteiger partial charge in [-0.05, 0) is 13.8 Å². The van der Waals surface area contributed by atoms with Gasteiger partial charge in [0, 0.05) is 25.7 Å². The van der Waals surface area contributed by atoms with Gasteiger partial charge in [0.1, 0.15) is 0 Å². The molecule has 0 aromatic carbocycles. The lowest BCUT2D eigenvalue weighted by Crippen LogP contribution is -2.29. The van der Waals surface area contributed by atoms with E-state index >= 15 is 0 Å². The van der Waals surface area contributed by atoms with Crippen molar-refractivity contribution < 1.29 is 13.3 Å². The van der Waals surface area contributed by atoms with Crippen molar-refractivity contribution in [3.05, 3.63) is 25.3 Å². The molecule has 0 amide bonds. The Kier molecular flexibility index (Phi) is 8.87. The van der Waals surface area contributed by atoms with Gasteiger partial charge in [-0.25, -0.2) is 0 Å². The summed E-state index contributed by atoms with van der Waals surface area (Å²) in [6, 6.07) is 0. The number of hydrogen-bond donors (Lipinski definition) is 0. The van der Waals surface area contributed by atoms with Crippen LogP contribution < -0.4 is 0 Å². The van der Waals surface area contributed by atoms with Gasteiger partial charge < -0.3 is 13.3 Å². The Morgan fingerprint density at radius 2 is 1.57 bits per heavy atom. The van der Waals surface area contributed by atoms with Gasteiger partial charge in [0.2, 0.25) is 0 Å². The predicted molar refractivity (Wildman–Crippen MR) is 60.2 cm³/mol. The third kappa shape index (κ3) is 6.10. The molecule has 0 unspecified atom stereocenters. The fraction of sp³-hybridized carbons (Fsp3) is 0.600. The van der Waals surface area contributed by atoms with Crippen LogP contribution in [0.4, 0.5) is 0 Å². The van der Waals surface area contributed by atoms with Crippen LogP contribution in [0.3, 0.4) is 0 Å². The first-order chi connectivity index (χ1) is 6.78. The molecule has 0 N–H and O–H groups in total. The lowest BCUT2D eigenvalue weighted by atomic mass is 10.2. The summed E-state index contributed by atoms with van der Waals surface area (Å²) in [6.45, 7) is 13.0. The van der Waals surface area contributed by atoms with Crippen LogP contribution in [-0.4, -0.2) is 29.3 Å². The van der Waals surface area contributed by atoms with E-state index < -0.39 is 9.53 Å². The summed E-state index contributed by atoms with van der Waals surface area (Å²) < 4.78 is 16.2. The highest BCUT2D eigenvalue weighted by atomic mass is 28.3.